The van der Waals surface area contributed by atoms with Crippen molar-refractivity contribution < 1.29 is 14.0 Å². The molecule has 2 amide bonds. The predicted octanol–water partition coefficient (Wildman–Crippen LogP) is 3.19. The summed E-state index contributed by atoms with van der Waals surface area (Å²) in [7, 11) is 0. The number of nitrogens with one attached hydrogen (secondary N) is 1. The first-order valence-electron chi connectivity index (χ1n) is 10.2. The Balaban J connectivity index is 1.42. The van der Waals surface area contributed by atoms with Crippen LogP contribution in [0.5, 0.6) is 0 Å². The second-order valence-corrected chi connectivity index (χ2v) is 8.01. The third-order valence-electron chi connectivity index (χ3n) is 6.12. The topological polar surface area (TPSA) is 80.4 Å². The quantitative estimate of drug-likeness (QED) is 0.742. The van der Waals surface area contributed by atoms with Gasteiger partial charge in [0.15, 0.2) is 5.76 Å². The molecule has 2 aliphatic rings. The van der Waals surface area contributed by atoms with E-state index in [-0.39, 0.29) is 24.4 Å². The number of benzene rings is 1. The first-order valence-corrected chi connectivity index (χ1v) is 10.2. The molecule has 1 aromatic carbocycles. The van der Waals surface area contributed by atoms with Crippen LogP contribution in [0.25, 0.3) is 11.0 Å². The van der Waals surface area contributed by atoms with Crippen molar-refractivity contribution >= 4 is 22.8 Å². The van der Waals surface area contributed by atoms with Crippen LogP contribution in [0.2, 0.25) is 0 Å². The average Bonchev–Trinajstić information content (AvgIpc) is 3.47. The van der Waals surface area contributed by atoms with Crippen LogP contribution >= 0.6 is 0 Å². The third-order valence-corrected chi connectivity index (χ3v) is 6.12. The molecular weight excluding hydrogens is 368 g/mol. The molecule has 29 heavy (non-hydrogen) atoms. The molecule has 1 aliphatic carbocycles. The highest BCUT2D eigenvalue weighted by Crippen LogP contribution is 2.29. The normalized spacial score (nSPS) is 19.5. The second kappa shape index (κ2) is 7.06. The Hall–Kier alpha value is -3.09. The largest absolute Gasteiger partial charge is 0.451 e. The van der Waals surface area contributed by atoms with Crippen LogP contribution in [-0.2, 0) is 11.3 Å². The summed E-state index contributed by atoms with van der Waals surface area (Å²) in [4.78, 5) is 28.0. The molecule has 1 N–H and O–H groups in total. The minimum Gasteiger partial charge on any atom is -0.451 e. The molecule has 1 fully saturated rings. The number of para-hydroxylation sites is 1. The zero-order chi connectivity index (χ0) is 20.0. The number of rotatable bonds is 3. The van der Waals surface area contributed by atoms with Crippen molar-refractivity contribution in [1.29, 1.82) is 0 Å². The van der Waals surface area contributed by atoms with Gasteiger partial charge in [-0.1, -0.05) is 31.0 Å². The number of hydrogen-bond acceptors (Lipinski definition) is 4. The van der Waals surface area contributed by atoms with Crippen LogP contribution in [0.3, 0.4) is 0 Å². The van der Waals surface area contributed by atoms with E-state index in [1.807, 2.05) is 37.3 Å². The van der Waals surface area contributed by atoms with Crippen LogP contribution in [0.1, 0.15) is 53.5 Å². The summed E-state index contributed by atoms with van der Waals surface area (Å²) in [5, 5.41) is 8.44. The van der Waals surface area contributed by atoms with Crippen molar-refractivity contribution in [3.8, 4) is 0 Å². The van der Waals surface area contributed by atoms with Gasteiger partial charge in [0.25, 0.3) is 5.91 Å². The number of carbonyl (C=O) groups excluding carboxylic acids is 2. The van der Waals surface area contributed by atoms with Crippen molar-refractivity contribution in [3.05, 3.63) is 53.5 Å². The van der Waals surface area contributed by atoms with Crippen molar-refractivity contribution in [2.24, 2.45) is 0 Å². The lowest BCUT2D eigenvalue weighted by atomic mass is 10.1. The summed E-state index contributed by atoms with van der Waals surface area (Å²) >= 11 is 0. The van der Waals surface area contributed by atoms with E-state index in [2.05, 4.69) is 10.4 Å². The Morgan fingerprint density at radius 1 is 1.17 bits per heavy atom. The summed E-state index contributed by atoms with van der Waals surface area (Å²) in [5.74, 6) is 0.0830. The molecule has 1 saturated carbocycles. The molecule has 2 aromatic heterocycles. The summed E-state index contributed by atoms with van der Waals surface area (Å²) < 4.78 is 7.62. The van der Waals surface area contributed by atoms with Gasteiger partial charge in [-0.25, -0.2) is 0 Å². The number of aromatic nitrogens is 2. The molecule has 0 saturated heterocycles. The number of hydrogen-bond donors (Lipinski definition) is 1. The fraction of sp³-hybridized carbons (Fsp3) is 0.409. The van der Waals surface area contributed by atoms with Crippen LogP contribution in [0.4, 0.5) is 0 Å². The standard InChI is InChI=1S/C22H24N4O3/c1-14-17-8-4-5-9-19(17)29-20(14)22(28)25-12-16-10-11-23-26(16)18(13-25)21(27)24-15-6-2-3-7-15/h4-5,8-11,15,18H,2-3,6-7,12-13H2,1H3,(H,24,27)/t18-/m0/s1. The lowest BCUT2D eigenvalue weighted by Crippen LogP contribution is -2.48. The molecule has 0 spiro atoms. The molecule has 3 aromatic rings. The third kappa shape index (κ3) is 3.10. The van der Waals surface area contributed by atoms with Gasteiger partial charge in [0.2, 0.25) is 5.91 Å². The van der Waals surface area contributed by atoms with Crippen molar-refractivity contribution in [3.63, 3.8) is 0 Å². The molecule has 0 unspecified atom stereocenters. The van der Waals surface area contributed by atoms with E-state index < -0.39 is 6.04 Å². The first kappa shape index (κ1) is 18.0. The van der Waals surface area contributed by atoms with Crippen LogP contribution in [-0.4, -0.2) is 39.1 Å². The van der Waals surface area contributed by atoms with Gasteiger partial charge in [0.05, 0.1) is 18.8 Å². The monoisotopic (exact) mass is 392 g/mol. The van der Waals surface area contributed by atoms with E-state index in [1.165, 1.54) is 0 Å². The predicted molar refractivity (Wildman–Crippen MR) is 107 cm³/mol. The number of furan rings is 1. The number of nitrogens with zero attached hydrogens (tertiary/aromatic N) is 3. The van der Waals surface area contributed by atoms with Gasteiger partial charge in [0.1, 0.15) is 11.6 Å². The summed E-state index contributed by atoms with van der Waals surface area (Å²) in [5.41, 5.74) is 2.38. The highest BCUT2D eigenvalue weighted by Gasteiger charge is 2.36. The molecular formula is C22H24N4O3. The highest BCUT2D eigenvalue weighted by atomic mass is 16.3. The minimum absolute atomic E-state index is 0.0688. The van der Waals surface area contributed by atoms with Gasteiger partial charge in [-0.3, -0.25) is 14.3 Å². The fourth-order valence-corrected chi connectivity index (χ4v) is 4.53. The Kier molecular flexibility index (Phi) is 4.38. The van der Waals surface area contributed by atoms with Gasteiger partial charge >= 0.3 is 0 Å². The minimum atomic E-state index is -0.525. The van der Waals surface area contributed by atoms with Crippen LogP contribution in [0, 0.1) is 6.92 Å². The van der Waals surface area contributed by atoms with Crippen molar-refractivity contribution in [1.82, 2.24) is 20.0 Å². The number of aryl methyl sites for hydroxylation is 1. The average molecular weight is 392 g/mol. The molecule has 0 radical (unpaired) electrons. The van der Waals surface area contributed by atoms with E-state index in [9.17, 15) is 9.59 Å². The number of carbonyl (C=O) groups is 2. The van der Waals surface area contributed by atoms with Crippen LogP contribution in [0.15, 0.2) is 40.9 Å². The lowest BCUT2D eigenvalue weighted by molar-refractivity contribution is -0.126. The molecule has 7 nitrogen and oxygen atoms in total. The maximum Gasteiger partial charge on any atom is 0.290 e. The first-order chi connectivity index (χ1) is 14.1. The molecule has 3 heterocycles. The SMILES string of the molecule is Cc1c(C(=O)N2Cc3ccnn3[C@H](C(=O)NC3CCCC3)C2)oc2ccccc12. The van der Waals surface area contributed by atoms with Gasteiger partial charge in [-0.05, 0) is 31.9 Å². The van der Waals surface area contributed by atoms with E-state index in [1.54, 1.807) is 15.8 Å². The molecule has 150 valence electrons. The number of fused-ring (bicyclic) bond motifs is 2. The molecule has 0 bridgehead atoms. The van der Waals surface area contributed by atoms with Crippen molar-refractivity contribution in [2.45, 2.75) is 51.2 Å². The molecule has 1 atom stereocenters. The zero-order valence-corrected chi connectivity index (χ0v) is 16.4. The van der Waals surface area contributed by atoms with E-state index >= 15 is 0 Å². The van der Waals surface area contributed by atoms with E-state index in [0.29, 0.717) is 17.9 Å². The Morgan fingerprint density at radius 2 is 1.97 bits per heavy atom. The summed E-state index contributed by atoms with van der Waals surface area (Å²) in [6, 6.07) is 9.20. The Bertz CT molecular complexity index is 1080. The van der Waals surface area contributed by atoms with E-state index in [4.69, 9.17) is 4.42 Å². The molecule has 7 heteroatoms. The highest BCUT2D eigenvalue weighted by molar-refractivity contribution is 5.99. The fourth-order valence-electron chi connectivity index (χ4n) is 4.53. The Morgan fingerprint density at radius 3 is 2.76 bits per heavy atom. The molecule has 5 rings (SSSR count). The number of amides is 2. The zero-order valence-electron chi connectivity index (χ0n) is 16.4. The van der Waals surface area contributed by atoms with Crippen LogP contribution < -0.4 is 5.32 Å². The Labute approximate surface area is 168 Å². The maximum absolute atomic E-state index is 13.3. The van der Waals surface area contributed by atoms with Gasteiger partial charge < -0.3 is 14.6 Å². The molecule has 1 aliphatic heterocycles. The van der Waals surface area contributed by atoms with Gasteiger partial charge in [0, 0.05) is 23.2 Å². The summed E-state index contributed by atoms with van der Waals surface area (Å²) in [6.45, 7) is 2.59. The maximum atomic E-state index is 13.3. The lowest BCUT2D eigenvalue weighted by Gasteiger charge is -2.33. The smallest absolute Gasteiger partial charge is 0.290 e. The van der Waals surface area contributed by atoms with Gasteiger partial charge in [-0.2, -0.15) is 5.10 Å². The van der Waals surface area contributed by atoms with Crippen molar-refractivity contribution in [2.75, 3.05) is 6.54 Å². The summed E-state index contributed by atoms with van der Waals surface area (Å²) in [6.07, 6.45) is 6.03. The van der Waals surface area contributed by atoms with Gasteiger partial charge in [-0.15, -0.1) is 0 Å². The van der Waals surface area contributed by atoms with E-state index in [0.717, 1.165) is 42.3 Å². The second-order valence-electron chi connectivity index (χ2n) is 8.01.